The average Bonchev–Trinajstić information content (AvgIpc) is 2.28. The van der Waals surface area contributed by atoms with Gasteiger partial charge in [-0.1, -0.05) is 13.8 Å². The first-order valence-corrected chi connectivity index (χ1v) is 7.79. The Hall–Kier alpha value is -1.07. The van der Waals surface area contributed by atoms with Gasteiger partial charge in [-0.3, -0.25) is 0 Å². The molecule has 0 spiro atoms. The van der Waals surface area contributed by atoms with E-state index in [9.17, 15) is 8.42 Å². The second kappa shape index (κ2) is 6.20. The Morgan fingerprint density at radius 1 is 1.22 bits per heavy atom. The van der Waals surface area contributed by atoms with Crippen LogP contribution in [0, 0.1) is 5.92 Å². The lowest BCUT2D eigenvalue weighted by Crippen LogP contribution is -2.30. The minimum absolute atomic E-state index is 0.207. The number of ether oxygens (including phenoxy) is 1. The summed E-state index contributed by atoms with van der Waals surface area (Å²) in [6.45, 7) is 4.84. The van der Waals surface area contributed by atoms with Crippen LogP contribution in [0.5, 0.6) is 0 Å². The number of hydrogen-bond donors (Lipinski definition) is 1. The van der Waals surface area contributed by atoms with Crippen LogP contribution in [0.25, 0.3) is 0 Å². The number of rotatable bonds is 6. The van der Waals surface area contributed by atoms with Crippen molar-refractivity contribution in [3.05, 3.63) is 24.3 Å². The van der Waals surface area contributed by atoms with Crippen LogP contribution >= 0.6 is 0 Å². The van der Waals surface area contributed by atoms with Crippen molar-refractivity contribution in [3.63, 3.8) is 0 Å². The molecule has 0 amide bonds. The lowest BCUT2D eigenvalue weighted by Gasteiger charge is -2.22. The topological polar surface area (TPSA) is 55.4 Å². The standard InChI is InChI=1S/C13H21NO3S/c1-10(2)13(9-17-3)14-11-5-7-12(8-6-11)18(4,15)16/h5-8,10,13-14H,9H2,1-4H3. The van der Waals surface area contributed by atoms with Crippen LogP contribution in [0.1, 0.15) is 13.8 Å². The highest BCUT2D eigenvalue weighted by Crippen LogP contribution is 2.16. The van der Waals surface area contributed by atoms with E-state index in [4.69, 9.17) is 4.74 Å². The predicted molar refractivity (Wildman–Crippen MR) is 73.7 cm³/mol. The van der Waals surface area contributed by atoms with Gasteiger partial charge in [-0.05, 0) is 30.2 Å². The van der Waals surface area contributed by atoms with Crippen LogP contribution in [0.15, 0.2) is 29.2 Å². The van der Waals surface area contributed by atoms with Gasteiger partial charge in [-0.15, -0.1) is 0 Å². The molecule has 0 aromatic heterocycles. The van der Waals surface area contributed by atoms with Crippen LogP contribution in [0.4, 0.5) is 5.69 Å². The lowest BCUT2D eigenvalue weighted by molar-refractivity contribution is 0.171. The molecule has 0 bridgehead atoms. The van der Waals surface area contributed by atoms with E-state index in [2.05, 4.69) is 19.2 Å². The molecule has 1 aromatic rings. The molecule has 0 saturated heterocycles. The average molecular weight is 271 g/mol. The van der Waals surface area contributed by atoms with Crippen molar-refractivity contribution in [2.24, 2.45) is 5.92 Å². The molecule has 0 fully saturated rings. The number of methoxy groups -OCH3 is 1. The van der Waals surface area contributed by atoms with E-state index in [1.807, 2.05) is 0 Å². The van der Waals surface area contributed by atoms with Gasteiger partial charge in [-0.25, -0.2) is 8.42 Å². The molecule has 4 nitrogen and oxygen atoms in total. The summed E-state index contributed by atoms with van der Waals surface area (Å²) in [5.74, 6) is 0.430. The normalized spacial score (nSPS) is 13.6. The fourth-order valence-corrected chi connectivity index (χ4v) is 2.22. The summed E-state index contributed by atoms with van der Waals surface area (Å²) in [5.41, 5.74) is 0.901. The zero-order valence-electron chi connectivity index (χ0n) is 11.3. The molecule has 1 rings (SSSR count). The van der Waals surface area contributed by atoms with Gasteiger partial charge in [-0.2, -0.15) is 0 Å². The van der Waals surface area contributed by atoms with Gasteiger partial charge < -0.3 is 10.1 Å². The van der Waals surface area contributed by atoms with Gasteiger partial charge in [0.05, 0.1) is 17.5 Å². The van der Waals surface area contributed by atoms with Crippen molar-refractivity contribution in [2.45, 2.75) is 24.8 Å². The van der Waals surface area contributed by atoms with E-state index in [-0.39, 0.29) is 6.04 Å². The molecule has 5 heteroatoms. The minimum atomic E-state index is -3.13. The highest BCUT2D eigenvalue weighted by Gasteiger charge is 2.13. The van der Waals surface area contributed by atoms with Crippen LogP contribution < -0.4 is 5.32 Å². The smallest absolute Gasteiger partial charge is 0.175 e. The third kappa shape index (κ3) is 4.31. The lowest BCUT2D eigenvalue weighted by atomic mass is 10.1. The van der Waals surface area contributed by atoms with Crippen LogP contribution in [-0.2, 0) is 14.6 Å². The molecule has 1 atom stereocenters. The summed E-state index contributed by atoms with van der Waals surface area (Å²) in [6.07, 6.45) is 1.21. The van der Waals surface area contributed by atoms with E-state index in [0.717, 1.165) is 5.69 Å². The van der Waals surface area contributed by atoms with Crippen LogP contribution in [-0.4, -0.2) is 34.4 Å². The highest BCUT2D eigenvalue weighted by molar-refractivity contribution is 7.90. The Morgan fingerprint density at radius 2 is 1.78 bits per heavy atom. The number of anilines is 1. The molecular formula is C13H21NO3S. The van der Waals surface area contributed by atoms with Gasteiger partial charge in [0, 0.05) is 19.1 Å². The SMILES string of the molecule is COCC(Nc1ccc(S(C)(=O)=O)cc1)C(C)C. The predicted octanol–water partition coefficient (Wildman–Crippen LogP) is 2.17. The van der Waals surface area contributed by atoms with Crippen LogP contribution in [0.2, 0.25) is 0 Å². The molecule has 1 N–H and O–H groups in total. The Labute approximate surface area is 109 Å². The molecule has 0 aliphatic rings. The van der Waals surface area contributed by atoms with Crippen LogP contribution in [0.3, 0.4) is 0 Å². The summed E-state index contributed by atoms with van der Waals surface area (Å²) in [5, 5.41) is 3.34. The summed E-state index contributed by atoms with van der Waals surface area (Å²) < 4.78 is 27.8. The Balaban J connectivity index is 2.79. The quantitative estimate of drug-likeness (QED) is 0.861. The third-order valence-electron chi connectivity index (χ3n) is 2.79. The largest absolute Gasteiger partial charge is 0.383 e. The molecule has 0 aliphatic heterocycles. The minimum Gasteiger partial charge on any atom is -0.383 e. The van der Waals surface area contributed by atoms with Crippen molar-refractivity contribution < 1.29 is 13.2 Å². The molecule has 1 unspecified atom stereocenters. The van der Waals surface area contributed by atoms with Gasteiger partial charge in [0.1, 0.15) is 0 Å². The van der Waals surface area contributed by atoms with Crippen molar-refractivity contribution in [1.29, 1.82) is 0 Å². The summed E-state index contributed by atoms with van der Waals surface area (Å²) in [4.78, 5) is 0.334. The fraction of sp³-hybridized carbons (Fsp3) is 0.538. The molecule has 18 heavy (non-hydrogen) atoms. The molecule has 102 valence electrons. The molecular weight excluding hydrogens is 250 g/mol. The van der Waals surface area contributed by atoms with E-state index in [1.165, 1.54) is 6.26 Å². The maximum atomic E-state index is 11.3. The van der Waals surface area contributed by atoms with E-state index in [1.54, 1.807) is 31.4 Å². The fourth-order valence-electron chi connectivity index (χ4n) is 1.59. The van der Waals surface area contributed by atoms with Gasteiger partial charge >= 0.3 is 0 Å². The summed E-state index contributed by atoms with van der Waals surface area (Å²) in [6, 6.07) is 6.99. The highest BCUT2D eigenvalue weighted by atomic mass is 32.2. The van der Waals surface area contributed by atoms with E-state index >= 15 is 0 Å². The van der Waals surface area contributed by atoms with Crippen molar-refractivity contribution >= 4 is 15.5 Å². The summed E-state index contributed by atoms with van der Waals surface area (Å²) in [7, 11) is -1.46. The first-order chi connectivity index (χ1) is 8.34. The number of sulfone groups is 1. The first kappa shape index (κ1) is 15.0. The molecule has 1 aromatic carbocycles. The van der Waals surface area contributed by atoms with E-state index < -0.39 is 9.84 Å². The second-order valence-corrected chi connectivity index (χ2v) is 6.76. The maximum absolute atomic E-state index is 11.3. The van der Waals surface area contributed by atoms with E-state index in [0.29, 0.717) is 17.4 Å². The molecule has 0 radical (unpaired) electrons. The number of hydrogen-bond acceptors (Lipinski definition) is 4. The molecule has 0 heterocycles. The number of nitrogens with one attached hydrogen (secondary N) is 1. The maximum Gasteiger partial charge on any atom is 0.175 e. The van der Waals surface area contributed by atoms with Gasteiger partial charge in [0.15, 0.2) is 9.84 Å². The van der Waals surface area contributed by atoms with Gasteiger partial charge in [0.25, 0.3) is 0 Å². The molecule has 0 saturated carbocycles. The monoisotopic (exact) mass is 271 g/mol. The van der Waals surface area contributed by atoms with Crippen molar-refractivity contribution in [2.75, 3.05) is 25.3 Å². The van der Waals surface area contributed by atoms with Gasteiger partial charge in [0.2, 0.25) is 0 Å². The zero-order valence-corrected chi connectivity index (χ0v) is 12.1. The second-order valence-electron chi connectivity index (χ2n) is 4.75. The van der Waals surface area contributed by atoms with Crippen molar-refractivity contribution in [1.82, 2.24) is 0 Å². The Morgan fingerprint density at radius 3 is 2.17 bits per heavy atom. The first-order valence-electron chi connectivity index (χ1n) is 5.90. The Kier molecular flexibility index (Phi) is 5.16. The summed E-state index contributed by atoms with van der Waals surface area (Å²) >= 11 is 0. The van der Waals surface area contributed by atoms with Crippen molar-refractivity contribution in [3.8, 4) is 0 Å². The third-order valence-corrected chi connectivity index (χ3v) is 3.91. The Bertz CT molecular complexity index is 466. The molecule has 0 aliphatic carbocycles. The zero-order chi connectivity index (χ0) is 13.8. The number of benzene rings is 1.